The highest BCUT2D eigenvalue weighted by Gasteiger charge is 2.64. The molecule has 1 aromatic heterocycles. The Morgan fingerprint density at radius 3 is 2.18 bits per heavy atom. The predicted molar refractivity (Wildman–Crippen MR) is 213 cm³/mol. The van der Waals surface area contributed by atoms with Gasteiger partial charge in [-0.05, 0) is 87.7 Å². The molecule has 15 heteroatoms. The lowest BCUT2D eigenvalue weighted by atomic mass is 9.68. The number of ketones is 3. The first-order chi connectivity index (χ1) is 25.9. The third-order valence-electron chi connectivity index (χ3n) is 12.2. The number of nitrogens with one attached hydrogen (secondary N) is 5. The van der Waals surface area contributed by atoms with E-state index in [0.717, 1.165) is 62.9 Å². The molecule has 13 nitrogen and oxygen atoms in total. The maximum absolute atomic E-state index is 15.0. The molecule has 0 radical (unpaired) electrons. The van der Waals surface area contributed by atoms with Crippen molar-refractivity contribution in [2.24, 2.45) is 17.3 Å². The van der Waals surface area contributed by atoms with E-state index in [0.29, 0.717) is 29.7 Å². The summed E-state index contributed by atoms with van der Waals surface area (Å²) in [6, 6.07) is -2.95. The summed E-state index contributed by atoms with van der Waals surface area (Å²) in [4.78, 5) is 101. The zero-order chi connectivity index (χ0) is 40.0. The summed E-state index contributed by atoms with van der Waals surface area (Å²) in [5, 5.41) is 12.3. The van der Waals surface area contributed by atoms with E-state index in [2.05, 4.69) is 26.3 Å². The molecule has 4 amide bonds. The Hall–Kier alpha value is -3.17. The van der Waals surface area contributed by atoms with Gasteiger partial charge in [0.25, 0.3) is 5.91 Å². The Balaban J connectivity index is 1.28. The molecule has 302 valence electrons. The molecule has 3 saturated carbocycles. The van der Waals surface area contributed by atoms with E-state index < -0.39 is 74.4 Å². The lowest BCUT2D eigenvalue weighted by Gasteiger charge is -2.47. The number of Topliss-reactive ketones (excluding diaryl/α,β-unsaturated/α-hetero) is 3. The van der Waals surface area contributed by atoms with Gasteiger partial charge in [-0.15, -0.1) is 23.5 Å². The zero-order valence-corrected chi connectivity index (χ0v) is 34.9. The normalized spacial score (nSPS) is 26.6. The predicted octanol–water partition coefficient (Wildman–Crippen LogP) is 3.95. The van der Waals surface area contributed by atoms with Crippen LogP contribution in [0.25, 0.3) is 0 Å². The van der Waals surface area contributed by atoms with Crippen molar-refractivity contribution < 1.29 is 33.6 Å². The van der Waals surface area contributed by atoms with Crippen LogP contribution in [0.1, 0.15) is 131 Å². The summed E-state index contributed by atoms with van der Waals surface area (Å²) in [6.45, 7) is 12.7. The molecular weight excluding hydrogens is 741 g/mol. The van der Waals surface area contributed by atoms with E-state index in [-0.39, 0.29) is 30.0 Å². The van der Waals surface area contributed by atoms with Crippen molar-refractivity contribution in [3.63, 3.8) is 0 Å². The standard InChI is InChI=1S/C40H58N6O7S2/c1-8-26-31(48)33(49)40(26,44-25-15-16-25)45-34(50)27-19-39(54-17-12-18-55-39)20-46(27)37(53)32(38(5,6)7)43-35(51)29(24-13-10-9-11-14-24)42-36(52)30-28(23(4)47)21(2)22(3)41-30/h24-27,29,32,41,44H,8-20H2,1-7H3,(H,42,52)(H,43,51)(H,45,50). The number of thioether (sulfide) groups is 2. The van der Waals surface area contributed by atoms with Gasteiger partial charge in [0.2, 0.25) is 29.3 Å². The largest absolute Gasteiger partial charge is 0.354 e. The molecule has 5 N–H and O–H groups in total. The van der Waals surface area contributed by atoms with Crippen LogP contribution in [-0.2, 0) is 24.0 Å². The number of hydrogen-bond donors (Lipinski definition) is 5. The van der Waals surface area contributed by atoms with E-state index in [4.69, 9.17) is 0 Å². The van der Waals surface area contributed by atoms with Gasteiger partial charge in [0, 0.05) is 24.7 Å². The molecule has 55 heavy (non-hydrogen) atoms. The summed E-state index contributed by atoms with van der Waals surface area (Å²) >= 11 is 3.48. The first-order valence-electron chi connectivity index (χ1n) is 20.0. The van der Waals surface area contributed by atoms with Crippen molar-refractivity contribution in [1.82, 2.24) is 31.2 Å². The maximum atomic E-state index is 15.0. The zero-order valence-electron chi connectivity index (χ0n) is 33.3. The van der Waals surface area contributed by atoms with Crippen molar-refractivity contribution in [3.8, 4) is 0 Å². The van der Waals surface area contributed by atoms with Gasteiger partial charge in [0.05, 0.1) is 15.6 Å². The molecule has 6 rings (SSSR count). The van der Waals surface area contributed by atoms with Gasteiger partial charge in [-0.25, -0.2) is 0 Å². The number of amides is 4. The third kappa shape index (κ3) is 8.17. The van der Waals surface area contributed by atoms with Crippen LogP contribution in [0.15, 0.2) is 0 Å². The summed E-state index contributed by atoms with van der Waals surface area (Å²) in [7, 11) is 0. The Labute approximate surface area is 332 Å². The van der Waals surface area contributed by atoms with Crippen LogP contribution in [0.2, 0.25) is 0 Å². The molecule has 2 saturated heterocycles. The molecule has 1 spiro atoms. The number of H-pyrrole nitrogens is 1. The molecule has 5 atom stereocenters. The Kier molecular flexibility index (Phi) is 12.1. The molecule has 5 aliphatic rings. The number of likely N-dealkylation sites (tertiary alicyclic amines) is 1. The third-order valence-corrected chi connectivity index (χ3v) is 15.6. The molecule has 5 fully saturated rings. The monoisotopic (exact) mass is 798 g/mol. The number of aromatic amines is 1. The Bertz CT molecular complexity index is 1740. The highest BCUT2D eigenvalue weighted by molar-refractivity contribution is 8.18. The number of carbonyl (C=O) groups is 7. The van der Waals surface area contributed by atoms with Crippen LogP contribution in [0.5, 0.6) is 0 Å². The molecule has 5 unspecified atom stereocenters. The molecule has 0 bridgehead atoms. The number of aromatic nitrogens is 1. The number of nitrogens with zero attached hydrogens (tertiary/aromatic N) is 1. The van der Waals surface area contributed by atoms with E-state index in [1.54, 1.807) is 42.3 Å². The average Bonchev–Trinajstić information content (AvgIpc) is 3.81. The lowest BCUT2D eigenvalue weighted by molar-refractivity contribution is -0.161. The topological polar surface area (TPSA) is 187 Å². The van der Waals surface area contributed by atoms with Gasteiger partial charge >= 0.3 is 0 Å². The average molecular weight is 799 g/mol. The van der Waals surface area contributed by atoms with E-state index in [9.17, 15) is 33.6 Å². The fourth-order valence-electron chi connectivity index (χ4n) is 8.88. The van der Waals surface area contributed by atoms with Gasteiger partial charge < -0.3 is 25.8 Å². The van der Waals surface area contributed by atoms with Crippen molar-refractivity contribution in [2.75, 3.05) is 18.1 Å². The fraction of sp³-hybridized carbons (Fsp3) is 0.725. The second-order valence-corrected chi connectivity index (χ2v) is 20.6. The van der Waals surface area contributed by atoms with Crippen molar-refractivity contribution in [3.05, 3.63) is 22.5 Å². The lowest BCUT2D eigenvalue weighted by Crippen LogP contribution is -2.80. The van der Waals surface area contributed by atoms with Gasteiger partial charge in [-0.1, -0.05) is 47.0 Å². The molecule has 2 aliphatic heterocycles. The van der Waals surface area contributed by atoms with Crippen LogP contribution in [0.4, 0.5) is 0 Å². The molecule has 1 aromatic rings. The van der Waals surface area contributed by atoms with Crippen molar-refractivity contribution >= 4 is 64.5 Å². The molecular formula is C40H58N6O7S2. The second-order valence-electron chi connectivity index (χ2n) is 17.4. The van der Waals surface area contributed by atoms with Crippen molar-refractivity contribution in [2.45, 2.75) is 147 Å². The number of carbonyl (C=O) groups excluding carboxylic acids is 7. The van der Waals surface area contributed by atoms with Crippen LogP contribution < -0.4 is 21.3 Å². The number of aryl methyl sites for hydroxylation is 1. The van der Waals surface area contributed by atoms with Crippen LogP contribution in [0, 0.1) is 31.1 Å². The van der Waals surface area contributed by atoms with E-state index in [1.165, 1.54) is 6.92 Å². The summed E-state index contributed by atoms with van der Waals surface area (Å²) in [5.41, 5.74) is -0.521. The minimum atomic E-state index is -1.50. The molecule has 0 aromatic carbocycles. The quantitative estimate of drug-likeness (QED) is 0.118. The summed E-state index contributed by atoms with van der Waals surface area (Å²) in [5.74, 6) is -2.47. The number of rotatable bonds is 12. The van der Waals surface area contributed by atoms with E-state index >= 15 is 0 Å². The Morgan fingerprint density at radius 2 is 1.60 bits per heavy atom. The van der Waals surface area contributed by atoms with Crippen LogP contribution >= 0.6 is 23.5 Å². The fourth-order valence-corrected chi connectivity index (χ4v) is 12.2. The second kappa shape index (κ2) is 16.0. The highest BCUT2D eigenvalue weighted by atomic mass is 32.2. The smallest absolute Gasteiger partial charge is 0.269 e. The van der Waals surface area contributed by atoms with Gasteiger partial charge in [0.15, 0.2) is 11.4 Å². The maximum Gasteiger partial charge on any atom is 0.269 e. The first kappa shape index (κ1) is 41.5. The minimum Gasteiger partial charge on any atom is -0.354 e. The molecule has 3 aliphatic carbocycles. The molecule has 3 heterocycles. The minimum absolute atomic E-state index is 0.0284. The Morgan fingerprint density at radius 1 is 0.945 bits per heavy atom. The summed E-state index contributed by atoms with van der Waals surface area (Å²) in [6.07, 6.45) is 7.70. The van der Waals surface area contributed by atoms with E-state index in [1.807, 2.05) is 27.7 Å². The van der Waals surface area contributed by atoms with Gasteiger partial charge in [-0.3, -0.25) is 38.9 Å². The van der Waals surface area contributed by atoms with Crippen LogP contribution in [-0.4, -0.2) is 103 Å². The van der Waals surface area contributed by atoms with Gasteiger partial charge in [-0.2, -0.15) is 0 Å². The number of hydrogen-bond acceptors (Lipinski definition) is 10. The van der Waals surface area contributed by atoms with Crippen LogP contribution in [0.3, 0.4) is 0 Å². The van der Waals surface area contributed by atoms with Crippen molar-refractivity contribution in [1.29, 1.82) is 0 Å². The first-order valence-corrected chi connectivity index (χ1v) is 22.0. The summed E-state index contributed by atoms with van der Waals surface area (Å²) < 4.78 is -0.442. The highest BCUT2D eigenvalue weighted by Crippen LogP contribution is 2.51. The SMILES string of the molecule is CCC1C(=O)C(=O)C1(NC(=O)C1CC2(CN1C(=O)C(NC(=O)C(NC(=O)c1[nH]c(C)c(C)c1C(C)=O)C1CCCCC1)C(C)(C)C)SCCCS2)NC1CC1. The van der Waals surface area contributed by atoms with Gasteiger partial charge in [0.1, 0.15) is 23.8 Å².